The molecule has 0 spiro atoms. The van der Waals surface area contributed by atoms with Crippen LogP contribution >= 0.6 is 0 Å². The highest BCUT2D eigenvalue weighted by molar-refractivity contribution is 6.00. The summed E-state index contributed by atoms with van der Waals surface area (Å²) in [6.07, 6.45) is 2.03. The number of rotatable bonds is 2. The summed E-state index contributed by atoms with van der Waals surface area (Å²) >= 11 is 0. The molecular weight excluding hydrogens is 322 g/mol. The maximum atomic E-state index is 9.97. The third-order valence-electron chi connectivity index (χ3n) is 5.71. The first-order chi connectivity index (χ1) is 12.5. The molecular formula is C21H21N5. The molecule has 1 aliphatic heterocycles. The van der Waals surface area contributed by atoms with E-state index in [0.717, 1.165) is 17.7 Å². The van der Waals surface area contributed by atoms with E-state index in [4.69, 9.17) is 5.41 Å². The molecule has 0 radical (unpaired) electrons. The summed E-state index contributed by atoms with van der Waals surface area (Å²) in [4.78, 5) is 2.28. The van der Waals surface area contributed by atoms with Gasteiger partial charge >= 0.3 is 0 Å². The van der Waals surface area contributed by atoms with Crippen LogP contribution in [0, 0.1) is 56.7 Å². The normalized spacial score (nSPS) is 27.6. The zero-order chi connectivity index (χ0) is 18.9. The van der Waals surface area contributed by atoms with E-state index in [0.29, 0.717) is 12.6 Å². The molecule has 3 rings (SSSR count). The molecule has 0 amide bonds. The Balaban J connectivity index is 2.23. The Hall–Kier alpha value is -2.94. The molecule has 3 atom stereocenters. The van der Waals surface area contributed by atoms with Crippen LogP contribution in [0.2, 0.25) is 0 Å². The van der Waals surface area contributed by atoms with Crippen LogP contribution in [0.25, 0.3) is 0 Å². The molecule has 1 fully saturated rings. The third kappa shape index (κ3) is 2.51. The smallest absolute Gasteiger partial charge is 0.189 e. The second-order valence-corrected chi connectivity index (χ2v) is 7.25. The van der Waals surface area contributed by atoms with E-state index in [9.17, 15) is 15.8 Å². The summed E-state index contributed by atoms with van der Waals surface area (Å²) < 4.78 is 0. The second kappa shape index (κ2) is 6.75. The Labute approximate surface area is 154 Å². The van der Waals surface area contributed by atoms with E-state index in [1.165, 1.54) is 0 Å². The van der Waals surface area contributed by atoms with Crippen molar-refractivity contribution in [2.45, 2.75) is 25.8 Å². The number of benzene rings is 1. The topological polar surface area (TPSA) is 98.5 Å². The fraction of sp³-hybridized carbons (Fsp3) is 0.429. The van der Waals surface area contributed by atoms with E-state index in [1.807, 2.05) is 36.4 Å². The summed E-state index contributed by atoms with van der Waals surface area (Å²) in [6.45, 7) is 5.64. The highest BCUT2D eigenvalue weighted by atomic mass is 15.2. The summed E-state index contributed by atoms with van der Waals surface area (Å²) in [5, 5.41) is 38.2. The maximum absolute atomic E-state index is 9.97. The van der Waals surface area contributed by atoms with Gasteiger partial charge in [0.2, 0.25) is 0 Å². The van der Waals surface area contributed by atoms with Gasteiger partial charge in [-0.1, -0.05) is 36.4 Å². The summed E-state index contributed by atoms with van der Waals surface area (Å²) in [5.41, 5.74) is 0.0611. The average molecular weight is 343 g/mol. The summed E-state index contributed by atoms with van der Waals surface area (Å²) in [7, 11) is 0. The molecule has 1 aliphatic carbocycles. The molecule has 1 saturated carbocycles. The highest BCUT2D eigenvalue weighted by Gasteiger charge is 2.57. The Kier molecular flexibility index (Phi) is 4.64. The first-order valence-electron chi connectivity index (χ1n) is 8.80. The Bertz CT molecular complexity index is 848. The number of hydrogen-bond donors (Lipinski definition) is 1. The predicted octanol–water partition coefficient (Wildman–Crippen LogP) is 3.24. The van der Waals surface area contributed by atoms with Crippen LogP contribution in [0.4, 0.5) is 0 Å². The number of hydrogen-bond acceptors (Lipinski definition) is 5. The lowest BCUT2D eigenvalue weighted by Gasteiger charge is -2.48. The van der Waals surface area contributed by atoms with Gasteiger partial charge < -0.3 is 5.41 Å². The molecule has 1 aromatic rings. The van der Waals surface area contributed by atoms with E-state index in [-0.39, 0.29) is 11.6 Å². The van der Waals surface area contributed by atoms with Crippen LogP contribution in [0.5, 0.6) is 0 Å². The van der Waals surface area contributed by atoms with Gasteiger partial charge in [-0.05, 0) is 25.0 Å². The Morgan fingerprint density at radius 1 is 1.15 bits per heavy atom. The number of nitriles is 3. The first-order valence-corrected chi connectivity index (χ1v) is 8.80. The molecule has 0 saturated heterocycles. The molecule has 1 aromatic carbocycles. The molecule has 0 aromatic heterocycles. The molecule has 0 bridgehead atoms. The first kappa shape index (κ1) is 17.9. The van der Waals surface area contributed by atoms with Gasteiger partial charge in [0.05, 0.1) is 23.9 Å². The predicted molar refractivity (Wildman–Crippen MR) is 98.0 cm³/mol. The monoisotopic (exact) mass is 343 g/mol. The van der Waals surface area contributed by atoms with Crippen molar-refractivity contribution in [1.82, 2.24) is 4.90 Å². The zero-order valence-corrected chi connectivity index (χ0v) is 15.0. The molecule has 2 aliphatic rings. The van der Waals surface area contributed by atoms with Gasteiger partial charge in [0.15, 0.2) is 5.41 Å². The lowest BCUT2D eigenvalue weighted by Crippen LogP contribution is -2.53. The zero-order valence-electron chi connectivity index (χ0n) is 15.0. The third-order valence-corrected chi connectivity index (χ3v) is 5.71. The van der Waals surface area contributed by atoms with Crippen molar-refractivity contribution in [3.05, 3.63) is 47.5 Å². The van der Waals surface area contributed by atoms with Gasteiger partial charge in [0.25, 0.3) is 0 Å². The van der Waals surface area contributed by atoms with Crippen LogP contribution < -0.4 is 0 Å². The van der Waals surface area contributed by atoms with E-state index < -0.39 is 17.3 Å². The molecule has 1 heterocycles. The second-order valence-electron chi connectivity index (χ2n) is 7.25. The minimum atomic E-state index is -1.62. The van der Waals surface area contributed by atoms with Gasteiger partial charge in [-0.15, -0.1) is 0 Å². The molecule has 5 heteroatoms. The highest BCUT2D eigenvalue weighted by Crippen LogP contribution is 2.53. The van der Waals surface area contributed by atoms with Crippen molar-refractivity contribution in [2.24, 2.45) is 17.3 Å². The quantitative estimate of drug-likeness (QED) is 0.833. The lowest BCUT2D eigenvalue weighted by atomic mass is 9.54. The number of fused-ring (bicyclic) bond motifs is 1. The molecule has 130 valence electrons. The van der Waals surface area contributed by atoms with Gasteiger partial charge in [-0.2, -0.15) is 15.8 Å². The van der Waals surface area contributed by atoms with Crippen molar-refractivity contribution in [3.8, 4) is 18.2 Å². The van der Waals surface area contributed by atoms with Crippen LogP contribution in [0.1, 0.15) is 25.3 Å². The van der Waals surface area contributed by atoms with E-state index >= 15 is 0 Å². The maximum Gasteiger partial charge on any atom is 0.189 e. The van der Waals surface area contributed by atoms with Crippen molar-refractivity contribution in [1.29, 1.82) is 21.2 Å². The fourth-order valence-electron chi connectivity index (χ4n) is 4.29. The summed E-state index contributed by atoms with van der Waals surface area (Å²) in [6, 6.07) is 16.3. The van der Waals surface area contributed by atoms with E-state index in [2.05, 4.69) is 37.0 Å². The molecule has 1 N–H and O–H groups in total. The van der Waals surface area contributed by atoms with Crippen LogP contribution in [0.3, 0.4) is 0 Å². The average Bonchev–Trinajstić information content (AvgIpc) is 2.67. The van der Waals surface area contributed by atoms with Gasteiger partial charge in [-0.25, -0.2) is 0 Å². The van der Waals surface area contributed by atoms with Crippen molar-refractivity contribution >= 4 is 5.71 Å². The number of nitrogens with zero attached hydrogens (tertiary/aromatic N) is 4. The summed E-state index contributed by atoms with van der Waals surface area (Å²) in [5.74, 6) is -1.39. The Morgan fingerprint density at radius 3 is 2.35 bits per heavy atom. The Morgan fingerprint density at radius 2 is 1.81 bits per heavy atom. The fourth-order valence-corrected chi connectivity index (χ4v) is 4.29. The van der Waals surface area contributed by atoms with Gasteiger partial charge in [-0.3, -0.25) is 4.90 Å². The van der Waals surface area contributed by atoms with E-state index in [1.54, 1.807) is 0 Å². The molecule has 26 heavy (non-hydrogen) atoms. The van der Waals surface area contributed by atoms with Crippen LogP contribution in [-0.4, -0.2) is 29.7 Å². The SMILES string of the molecule is CC(C)N1CC=C2C(C#N)C(=N)C(C#N)(C#N)[C@@H](c3ccccc3)[C@@H]2C1. The molecule has 1 unspecified atom stereocenters. The molecule has 5 nitrogen and oxygen atoms in total. The van der Waals surface area contributed by atoms with Gasteiger partial charge in [0.1, 0.15) is 5.92 Å². The minimum Gasteiger partial charge on any atom is -0.305 e. The standard InChI is InChI=1S/C21H21N5/c1-14(2)26-9-8-16-17(10-22)20(25)21(12-23,13-24)19(18(16)11-26)15-6-4-3-5-7-15/h3-8,14,17-19,25H,9,11H2,1-2H3/t17?,18-,19+/m1/s1. The van der Waals surface area contributed by atoms with Crippen LogP contribution in [0.15, 0.2) is 42.0 Å². The van der Waals surface area contributed by atoms with Crippen LogP contribution in [-0.2, 0) is 0 Å². The largest absolute Gasteiger partial charge is 0.305 e. The minimum absolute atomic E-state index is 0.0839. The lowest BCUT2D eigenvalue weighted by molar-refractivity contribution is 0.171. The number of nitrogens with one attached hydrogen (secondary N) is 1. The van der Waals surface area contributed by atoms with Crippen molar-refractivity contribution in [3.63, 3.8) is 0 Å². The van der Waals surface area contributed by atoms with Crippen molar-refractivity contribution in [2.75, 3.05) is 13.1 Å². The van der Waals surface area contributed by atoms with Crippen molar-refractivity contribution < 1.29 is 0 Å². The van der Waals surface area contributed by atoms with Gasteiger partial charge in [0, 0.05) is 31.0 Å².